The maximum absolute atomic E-state index is 12.8. The van der Waals surface area contributed by atoms with Crippen molar-refractivity contribution in [1.29, 1.82) is 0 Å². The Hall–Kier alpha value is -0.890. The Balaban J connectivity index is 2.34. The fourth-order valence-corrected chi connectivity index (χ4v) is 2.27. The largest absolute Gasteiger partial charge is 0.297 e. The molecule has 1 aromatic carbocycles. The van der Waals surface area contributed by atoms with Gasteiger partial charge >= 0.3 is 0 Å². The summed E-state index contributed by atoms with van der Waals surface area (Å²) < 4.78 is 12.8. The van der Waals surface area contributed by atoms with Gasteiger partial charge in [0.15, 0.2) is 0 Å². The Morgan fingerprint density at radius 2 is 1.93 bits per heavy atom. The molecule has 0 amide bonds. The van der Waals surface area contributed by atoms with Crippen molar-refractivity contribution < 1.29 is 4.39 Å². The average molecular weight is 193 g/mol. The van der Waals surface area contributed by atoms with Crippen LogP contribution in [-0.2, 0) is 5.54 Å². The van der Waals surface area contributed by atoms with Gasteiger partial charge in [0.1, 0.15) is 5.82 Å². The lowest BCUT2D eigenvalue weighted by Gasteiger charge is -2.32. The summed E-state index contributed by atoms with van der Waals surface area (Å²) in [6, 6.07) is 6.90. The minimum absolute atomic E-state index is 0.105. The summed E-state index contributed by atoms with van der Waals surface area (Å²) >= 11 is 0. The van der Waals surface area contributed by atoms with Crippen molar-refractivity contribution in [3.63, 3.8) is 0 Å². The van der Waals surface area contributed by atoms with E-state index in [1.54, 1.807) is 12.1 Å². The Morgan fingerprint density at radius 3 is 2.43 bits per heavy atom. The lowest BCUT2D eigenvalue weighted by atomic mass is 9.90. The molecule has 1 saturated heterocycles. The first kappa shape index (κ1) is 9.66. The number of likely N-dealkylation sites (tertiary alicyclic amines) is 1. The Morgan fingerprint density at radius 1 is 1.29 bits per heavy atom. The van der Waals surface area contributed by atoms with Crippen molar-refractivity contribution in [3.8, 4) is 0 Å². The van der Waals surface area contributed by atoms with Gasteiger partial charge in [-0.3, -0.25) is 4.90 Å². The zero-order valence-electron chi connectivity index (χ0n) is 8.76. The van der Waals surface area contributed by atoms with Gasteiger partial charge in [-0.1, -0.05) is 12.1 Å². The molecule has 14 heavy (non-hydrogen) atoms. The highest BCUT2D eigenvalue weighted by Crippen LogP contribution is 2.36. The number of hydrogen-bond acceptors (Lipinski definition) is 1. The minimum Gasteiger partial charge on any atom is -0.297 e. The second-order valence-electron chi connectivity index (χ2n) is 4.31. The molecule has 0 aliphatic carbocycles. The molecule has 1 atom stereocenters. The summed E-state index contributed by atoms with van der Waals surface area (Å²) in [6.45, 7) is 3.36. The van der Waals surface area contributed by atoms with Crippen molar-refractivity contribution in [1.82, 2.24) is 4.90 Å². The monoisotopic (exact) mass is 193 g/mol. The molecule has 1 heterocycles. The fraction of sp³-hybridized carbons (Fsp3) is 0.500. The zero-order chi connectivity index (χ0) is 10.2. The van der Waals surface area contributed by atoms with Crippen LogP contribution in [0, 0.1) is 5.82 Å². The van der Waals surface area contributed by atoms with Gasteiger partial charge in [-0.2, -0.15) is 0 Å². The van der Waals surface area contributed by atoms with Crippen LogP contribution in [0.25, 0.3) is 0 Å². The topological polar surface area (TPSA) is 3.24 Å². The summed E-state index contributed by atoms with van der Waals surface area (Å²) in [5, 5.41) is 0. The molecule has 0 bridgehead atoms. The van der Waals surface area contributed by atoms with Gasteiger partial charge in [0.05, 0.1) is 0 Å². The van der Waals surface area contributed by atoms with Gasteiger partial charge < -0.3 is 0 Å². The van der Waals surface area contributed by atoms with Crippen LogP contribution in [0.15, 0.2) is 24.3 Å². The smallest absolute Gasteiger partial charge is 0.123 e. The van der Waals surface area contributed by atoms with Gasteiger partial charge in [-0.25, -0.2) is 4.39 Å². The van der Waals surface area contributed by atoms with E-state index < -0.39 is 0 Å². The highest BCUT2D eigenvalue weighted by Gasteiger charge is 2.35. The van der Waals surface area contributed by atoms with E-state index in [0.717, 1.165) is 13.0 Å². The number of rotatable bonds is 1. The Kier molecular flexibility index (Phi) is 2.31. The van der Waals surface area contributed by atoms with Crippen LogP contribution >= 0.6 is 0 Å². The summed E-state index contributed by atoms with van der Waals surface area (Å²) in [4.78, 5) is 2.35. The normalized spacial score (nSPS) is 28.2. The van der Waals surface area contributed by atoms with E-state index in [4.69, 9.17) is 0 Å². The number of halogens is 1. The first-order chi connectivity index (χ1) is 6.63. The van der Waals surface area contributed by atoms with E-state index in [9.17, 15) is 4.39 Å². The van der Waals surface area contributed by atoms with Gasteiger partial charge in [0.2, 0.25) is 0 Å². The molecule has 0 saturated carbocycles. The molecule has 0 N–H and O–H groups in total. The van der Waals surface area contributed by atoms with Crippen LogP contribution in [-0.4, -0.2) is 18.5 Å². The third-order valence-electron chi connectivity index (χ3n) is 3.47. The van der Waals surface area contributed by atoms with Crippen molar-refractivity contribution in [2.24, 2.45) is 0 Å². The highest BCUT2D eigenvalue weighted by molar-refractivity contribution is 5.25. The van der Waals surface area contributed by atoms with E-state index in [2.05, 4.69) is 18.9 Å². The lowest BCUT2D eigenvalue weighted by Crippen LogP contribution is -2.35. The minimum atomic E-state index is -0.155. The second kappa shape index (κ2) is 3.35. The maximum atomic E-state index is 12.8. The molecule has 0 radical (unpaired) electrons. The van der Waals surface area contributed by atoms with Crippen molar-refractivity contribution >= 4 is 0 Å². The van der Waals surface area contributed by atoms with Crippen LogP contribution in [0.5, 0.6) is 0 Å². The predicted molar refractivity (Wildman–Crippen MR) is 55.6 cm³/mol. The molecule has 1 fully saturated rings. The lowest BCUT2D eigenvalue weighted by molar-refractivity contribution is 0.197. The molecule has 1 aliphatic heterocycles. The molecule has 1 aromatic rings. The molecular weight excluding hydrogens is 177 g/mol. The maximum Gasteiger partial charge on any atom is 0.123 e. The first-order valence-electron chi connectivity index (χ1n) is 5.10. The number of hydrogen-bond donors (Lipinski definition) is 0. The quantitative estimate of drug-likeness (QED) is 0.663. The van der Waals surface area contributed by atoms with Crippen LogP contribution in [0.1, 0.15) is 25.3 Å². The second-order valence-corrected chi connectivity index (χ2v) is 4.31. The van der Waals surface area contributed by atoms with E-state index >= 15 is 0 Å². The van der Waals surface area contributed by atoms with Crippen molar-refractivity contribution in [2.75, 3.05) is 13.6 Å². The predicted octanol–water partition coefficient (Wildman–Crippen LogP) is 2.77. The first-order valence-corrected chi connectivity index (χ1v) is 5.10. The van der Waals surface area contributed by atoms with Crippen molar-refractivity contribution in [3.05, 3.63) is 35.6 Å². The van der Waals surface area contributed by atoms with Gasteiger partial charge in [0.25, 0.3) is 0 Å². The van der Waals surface area contributed by atoms with Gasteiger partial charge in [-0.15, -0.1) is 0 Å². The van der Waals surface area contributed by atoms with E-state index in [0.29, 0.717) is 0 Å². The van der Waals surface area contributed by atoms with Gasteiger partial charge in [-0.05, 0) is 51.1 Å². The van der Waals surface area contributed by atoms with E-state index in [1.807, 2.05) is 12.1 Å². The van der Waals surface area contributed by atoms with Crippen LogP contribution in [0.2, 0.25) is 0 Å². The molecule has 76 valence electrons. The molecule has 2 rings (SSSR count). The molecular formula is C12H16FN. The van der Waals surface area contributed by atoms with Crippen LogP contribution in [0.3, 0.4) is 0 Å². The molecule has 1 unspecified atom stereocenters. The van der Waals surface area contributed by atoms with Crippen molar-refractivity contribution in [2.45, 2.75) is 25.3 Å². The Labute approximate surface area is 84.5 Å². The fourth-order valence-electron chi connectivity index (χ4n) is 2.27. The highest BCUT2D eigenvalue weighted by atomic mass is 19.1. The van der Waals surface area contributed by atoms with E-state index in [-0.39, 0.29) is 11.4 Å². The van der Waals surface area contributed by atoms with Crippen LogP contribution < -0.4 is 0 Å². The van der Waals surface area contributed by atoms with Crippen LogP contribution in [0.4, 0.5) is 4.39 Å². The molecule has 1 nitrogen and oxygen atoms in total. The molecule has 0 aromatic heterocycles. The molecule has 1 aliphatic rings. The third-order valence-corrected chi connectivity index (χ3v) is 3.47. The average Bonchev–Trinajstić information content (AvgIpc) is 2.49. The third kappa shape index (κ3) is 1.44. The van der Waals surface area contributed by atoms with E-state index in [1.165, 1.54) is 12.0 Å². The zero-order valence-corrected chi connectivity index (χ0v) is 8.76. The number of nitrogens with zero attached hydrogens (tertiary/aromatic N) is 1. The van der Waals surface area contributed by atoms with Gasteiger partial charge in [0, 0.05) is 5.54 Å². The molecule has 2 heteroatoms. The number of benzene rings is 1. The summed E-state index contributed by atoms with van der Waals surface area (Å²) in [5.41, 5.74) is 1.33. The standard InChI is InChI=1S/C12H16FN/c1-12(8-3-9-14(12)2)10-4-6-11(13)7-5-10/h4-7H,3,8-9H2,1-2H3. The Bertz CT molecular complexity index is 320. The molecule has 0 spiro atoms. The SMILES string of the molecule is CN1CCCC1(C)c1ccc(F)cc1. The summed E-state index contributed by atoms with van der Waals surface area (Å²) in [5.74, 6) is -0.155. The summed E-state index contributed by atoms with van der Waals surface area (Å²) in [6.07, 6.45) is 2.39. The summed E-state index contributed by atoms with van der Waals surface area (Å²) in [7, 11) is 2.14.